The molecule has 0 radical (unpaired) electrons. The topological polar surface area (TPSA) is 51.0 Å². The van der Waals surface area contributed by atoms with Gasteiger partial charge >= 0.3 is 0 Å². The van der Waals surface area contributed by atoms with Crippen molar-refractivity contribution >= 4 is 23.4 Å². The molecule has 1 unspecified atom stereocenters. The summed E-state index contributed by atoms with van der Waals surface area (Å²) in [6.07, 6.45) is 2.73. The molecule has 0 spiro atoms. The molecule has 2 heterocycles. The van der Waals surface area contributed by atoms with Crippen molar-refractivity contribution in [2.45, 2.75) is 30.3 Å². The van der Waals surface area contributed by atoms with E-state index in [1.165, 1.54) is 17.3 Å². The predicted molar refractivity (Wildman–Crippen MR) is 113 cm³/mol. The van der Waals surface area contributed by atoms with Gasteiger partial charge in [0, 0.05) is 24.3 Å². The van der Waals surface area contributed by atoms with Gasteiger partial charge in [0.15, 0.2) is 11.0 Å². The summed E-state index contributed by atoms with van der Waals surface area (Å²) in [5, 5.41) is 9.20. The maximum atomic E-state index is 13.1. The molecule has 0 fully saturated rings. The first-order chi connectivity index (χ1) is 13.7. The number of amides is 1. The lowest BCUT2D eigenvalue weighted by atomic mass is 10.2. The van der Waals surface area contributed by atoms with Gasteiger partial charge in [-0.2, -0.15) is 0 Å². The average molecular weight is 391 g/mol. The Hall–Kier alpha value is -2.86. The smallest absolute Gasteiger partial charge is 0.240 e. The van der Waals surface area contributed by atoms with Crippen LogP contribution in [0.5, 0.6) is 0 Å². The maximum Gasteiger partial charge on any atom is 0.240 e. The van der Waals surface area contributed by atoms with Gasteiger partial charge < -0.3 is 4.90 Å². The maximum absolute atomic E-state index is 13.1. The zero-order chi connectivity index (χ0) is 19.5. The van der Waals surface area contributed by atoms with Gasteiger partial charge in [-0.15, -0.1) is 16.8 Å². The molecule has 1 aliphatic heterocycles. The van der Waals surface area contributed by atoms with Crippen LogP contribution in [0.2, 0.25) is 0 Å². The molecule has 28 heavy (non-hydrogen) atoms. The SMILES string of the molecule is C=CCn1c(SC(C)C(=O)N2CCc3ccccc32)nnc1-c1ccccc1. The number of para-hydroxylation sites is 1. The fraction of sp³-hybridized carbons (Fsp3) is 0.227. The number of anilines is 1. The summed E-state index contributed by atoms with van der Waals surface area (Å²) in [6.45, 7) is 7.11. The van der Waals surface area contributed by atoms with Crippen molar-refractivity contribution in [3.63, 3.8) is 0 Å². The van der Waals surface area contributed by atoms with Crippen LogP contribution in [0.3, 0.4) is 0 Å². The first kappa shape index (κ1) is 18.5. The quantitative estimate of drug-likeness (QED) is 0.468. The Kier molecular flexibility index (Phi) is 5.30. The van der Waals surface area contributed by atoms with E-state index in [1.807, 2.05) is 71.0 Å². The van der Waals surface area contributed by atoms with Gasteiger partial charge in [-0.05, 0) is 25.0 Å². The lowest BCUT2D eigenvalue weighted by Crippen LogP contribution is -2.35. The molecule has 3 aromatic rings. The molecule has 142 valence electrons. The summed E-state index contributed by atoms with van der Waals surface area (Å²) in [6, 6.07) is 18.1. The minimum absolute atomic E-state index is 0.101. The van der Waals surface area contributed by atoms with Gasteiger partial charge in [0.2, 0.25) is 5.91 Å². The van der Waals surface area contributed by atoms with Crippen molar-refractivity contribution in [2.75, 3.05) is 11.4 Å². The van der Waals surface area contributed by atoms with Crippen LogP contribution >= 0.6 is 11.8 Å². The summed E-state index contributed by atoms with van der Waals surface area (Å²) >= 11 is 1.45. The molecule has 4 rings (SSSR count). The van der Waals surface area contributed by atoms with E-state index in [9.17, 15) is 4.79 Å². The Balaban J connectivity index is 1.56. The van der Waals surface area contributed by atoms with Crippen molar-refractivity contribution in [2.24, 2.45) is 0 Å². The van der Waals surface area contributed by atoms with Gasteiger partial charge in [0.05, 0.1) is 5.25 Å². The van der Waals surface area contributed by atoms with E-state index in [4.69, 9.17) is 0 Å². The highest BCUT2D eigenvalue weighted by Crippen LogP contribution is 2.32. The van der Waals surface area contributed by atoms with E-state index < -0.39 is 0 Å². The van der Waals surface area contributed by atoms with E-state index in [2.05, 4.69) is 22.8 Å². The number of nitrogens with zero attached hydrogens (tertiary/aromatic N) is 4. The van der Waals surface area contributed by atoms with E-state index >= 15 is 0 Å². The predicted octanol–water partition coefficient (Wildman–Crippen LogP) is 4.20. The highest BCUT2D eigenvalue weighted by atomic mass is 32.2. The number of rotatable bonds is 6. The van der Waals surface area contributed by atoms with Crippen molar-refractivity contribution in [3.8, 4) is 11.4 Å². The number of benzene rings is 2. The third-order valence-corrected chi connectivity index (χ3v) is 5.91. The molecule has 1 aliphatic rings. The molecule has 2 aromatic carbocycles. The number of thioether (sulfide) groups is 1. The van der Waals surface area contributed by atoms with Gasteiger partial charge in [-0.25, -0.2) is 0 Å². The Labute approximate surface area is 169 Å². The second-order valence-corrected chi connectivity index (χ2v) is 8.01. The van der Waals surface area contributed by atoms with Crippen LogP contribution in [0.25, 0.3) is 11.4 Å². The van der Waals surface area contributed by atoms with Crippen LogP contribution in [-0.2, 0) is 17.8 Å². The minimum Gasteiger partial charge on any atom is -0.311 e. The molecular formula is C22H22N4OS. The number of allylic oxidation sites excluding steroid dienone is 1. The monoisotopic (exact) mass is 390 g/mol. The van der Waals surface area contributed by atoms with Crippen LogP contribution in [0.1, 0.15) is 12.5 Å². The second kappa shape index (κ2) is 8.02. The lowest BCUT2D eigenvalue weighted by molar-refractivity contribution is -0.117. The number of carbonyl (C=O) groups is 1. The average Bonchev–Trinajstić information content (AvgIpc) is 3.33. The van der Waals surface area contributed by atoms with E-state index in [-0.39, 0.29) is 11.2 Å². The molecule has 5 nitrogen and oxygen atoms in total. The largest absolute Gasteiger partial charge is 0.311 e. The van der Waals surface area contributed by atoms with Gasteiger partial charge in [0.1, 0.15) is 0 Å². The van der Waals surface area contributed by atoms with Gasteiger partial charge in [-0.1, -0.05) is 66.4 Å². The number of hydrogen-bond acceptors (Lipinski definition) is 4. The van der Waals surface area contributed by atoms with Crippen molar-refractivity contribution in [1.82, 2.24) is 14.8 Å². The zero-order valence-corrected chi connectivity index (χ0v) is 16.6. The molecular weight excluding hydrogens is 368 g/mol. The van der Waals surface area contributed by atoms with Gasteiger partial charge in [-0.3, -0.25) is 9.36 Å². The third kappa shape index (κ3) is 3.47. The normalized spacial score (nSPS) is 14.0. The van der Waals surface area contributed by atoms with Crippen LogP contribution in [0, 0.1) is 0 Å². The van der Waals surface area contributed by atoms with Crippen LogP contribution < -0.4 is 4.90 Å². The molecule has 6 heteroatoms. The molecule has 1 atom stereocenters. The van der Waals surface area contributed by atoms with Crippen molar-refractivity contribution in [3.05, 3.63) is 72.8 Å². The van der Waals surface area contributed by atoms with E-state index in [1.54, 1.807) is 0 Å². The standard InChI is InChI=1S/C22H22N4OS/c1-3-14-26-20(18-10-5-4-6-11-18)23-24-22(26)28-16(2)21(27)25-15-13-17-9-7-8-12-19(17)25/h3-12,16H,1,13-15H2,2H3. The summed E-state index contributed by atoms with van der Waals surface area (Å²) in [4.78, 5) is 15.0. The first-order valence-electron chi connectivity index (χ1n) is 9.34. The van der Waals surface area contributed by atoms with Crippen molar-refractivity contribution < 1.29 is 4.79 Å². The third-order valence-electron chi connectivity index (χ3n) is 4.84. The molecule has 1 aromatic heterocycles. The number of hydrogen-bond donors (Lipinski definition) is 0. The molecule has 0 saturated carbocycles. The highest BCUT2D eigenvalue weighted by Gasteiger charge is 2.29. The fourth-order valence-corrected chi connectivity index (χ4v) is 4.39. The van der Waals surface area contributed by atoms with Crippen molar-refractivity contribution in [1.29, 1.82) is 0 Å². The zero-order valence-electron chi connectivity index (χ0n) is 15.8. The highest BCUT2D eigenvalue weighted by molar-refractivity contribution is 8.00. The summed E-state index contributed by atoms with van der Waals surface area (Å²) in [5.41, 5.74) is 3.25. The number of aromatic nitrogens is 3. The number of carbonyl (C=O) groups excluding carboxylic acids is 1. The summed E-state index contributed by atoms with van der Waals surface area (Å²) in [5.74, 6) is 0.888. The molecule has 1 amide bonds. The van der Waals surface area contributed by atoms with E-state index in [0.29, 0.717) is 6.54 Å². The molecule has 0 N–H and O–H groups in total. The van der Waals surface area contributed by atoms with Gasteiger partial charge in [0.25, 0.3) is 0 Å². The first-order valence-corrected chi connectivity index (χ1v) is 10.2. The Morgan fingerprint density at radius 3 is 2.71 bits per heavy atom. The number of fused-ring (bicyclic) bond motifs is 1. The summed E-state index contributed by atoms with van der Waals surface area (Å²) in [7, 11) is 0. The van der Waals surface area contributed by atoms with Crippen LogP contribution in [0.4, 0.5) is 5.69 Å². The van der Waals surface area contributed by atoms with Crippen LogP contribution in [-0.4, -0.2) is 32.5 Å². The molecule has 0 bridgehead atoms. The second-order valence-electron chi connectivity index (χ2n) is 6.70. The Bertz CT molecular complexity index is 999. The molecule has 0 saturated heterocycles. The Morgan fingerprint density at radius 2 is 1.93 bits per heavy atom. The minimum atomic E-state index is -0.262. The lowest BCUT2D eigenvalue weighted by Gasteiger charge is -2.21. The molecule has 0 aliphatic carbocycles. The van der Waals surface area contributed by atoms with Crippen LogP contribution in [0.15, 0.2) is 72.4 Å². The van der Waals surface area contributed by atoms with E-state index in [0.717, 1.165) is 35.2 Å². The fourth-order valence-electron chi connectivity index (χ4n) is 3.47. The Morgan fingerprint density at radius 1 is 1.18 bits per heavy atom. The summed E-state index contributed by atoms with van der Waals surface area (Å²) < 4.78 is 2.01.